The fourth-order valence-electron chi connectivity index (χ4n) is 1.80. The zero-order valence-corrected chi connectivity index (χ0v) is 11.2. The molecule has 2 aromatic rings. The molecule has 0 saturated carbocycles. The quantitative estimate of drug-likeness (QED) is 0.825. The molecule has 1 heterocycles. The van der Waals surface area contributed by atoms with E-state index in [4.69, 9.17) is 22.6 Å². The number of halogens is 1. The van der Waals surface area contributed by atoms with E-state index in [0.29, 0.717) is 5.69 Å². The number of aromatic hydroxyl groups is 1. The molecule has 3 N–H and O–H groups in total. The second-order valence-electron chi connectivity index (χ2n) is 3.91. The predicted octanol–water partition coefficient (Wildman–Crippen LogP) is 2.08. The lowest BCUT2D eigenvalue weighted by Gasteiger charge is -2.10. The Kier molecular flexibility index (Phi) is 3.55. The van der Waals surface area contributed by atoms with Gasteiger partial charge in [0.15, 0.2) is 5.69 Å². The number of aromatic nitrogens is 1. The van der Waals surface area contributed by atoms with E-state index >= 15 is 0 Å². The first-order valence-electron chi connectivity index (χ1n) is 5.47. The number of nitrogens with two attached hydrogens (primary N) is 1. The third kappa shape index (κ3) is 2.15. The molecule has 0 amide bonds. The zero-order chi connectivity index (χ0) is 14.9. The summed E-state index contributed by atoms with van der Waals surface area (Å²) in [6, 6.07) is 6.12. The Balaban J connectivity index is 2.74. The van der Waals surface area contributed by atoms with Crippen molar-refractivity contribution in [2.45, 2.75) is 0 Å². The van der Waals surface area contributed by atoms with Crippen LogP contribution in [0.15, 0.2) is 24.4 Å². The summed E-state index contributed by atoms with van der Waals surface area (Å²) in [5.74, 6) is -0.702. The fraction of sp³-hybridized carbons (Fsp3) is 0.0769. The van der Waals surface area contributed by atoms with E-state index in [1.807, 2.05) is 6.07 Å². The molecule has 0 aliphatic heterocycles. The summed E-state index contributed by atoms with van der Waals surface area (Å²) in [6.45, 7) is 0. The maximum absolute atomic E-state index is 11.8. The molecule has 0 atom stereocenters. The van der Waals surface area contributed by atoms with Crippen LogP contribution >= 0.6 is 11.6 Å². The highest BCUT2D eigenvalue weighted by Crippen LogP contribution is 2.30. The van der Waals surface area contributed by atoms with Crippen molar-refractivity contribution in [2.75, 3.05) is 12.8 Å². The van der Waals surface area contributed by atoms with Crippen LogP contribution in [0, 0.1) is 11.3 Å². The summed E-state index contributed by atoms with van der Waals surface area (Å²) in [5.41, 5.74) is 6.33. The van der Waals surface area contributed by atoms with E-state index in [-0.39, 0.29) is 27.7 Å². The van der Waals surface area contributed by atoms with Crippen molar-refractivity contribution in [2.24, 2.45) is 0 Å². The van der Waals surface area contributed by atoms with Crippen molar-refractivity contribution in [3.8, 4) is 17.5 Å². The van der Waals surface area contributed by atoms with Crippen molar-refractivity contribution < 1.29 is 14.6 Å². The summed E-state index contributed by atoms with van der Waals surface area (Å²) >= 11 is 6.03. The van der Waals surface area contributed by atoms with Crippen LogP contribution in [-0.4, -0.2) is 22.8 Å². The van der Waals surface area contributed by atoms with Crippen LogP contribution in [0.2, 0.25) is 5.02 Å². The number of carbonyl (C=O) groups excluding carboxylic acids is 1. The molecule has 0 fully saturated rings. The topological polar surface area (TPSA) is 101 Å². The van der Waals surface area contributed by atoms with Crippen LogP contribution in [0.3, 0.4) is 0 Å². The van der Waals surface area contributed by atoms with E-state index in [9.17, 15) is 9.90 Å². The Morgan fingerprint density at radius 1 is 1.55 bits per heavy atom. The maximum atomic E-state index is 11.8. The largest absolute Gasteiger partial charge is 0.508 e. The monoisotopic (exact) mass is 291 g/mol. The molecule has 1 aromatic carbocycles. The first kappa shape index (κ1) is 13.8. The van der Waals surface area contributed by atoms with E-state index in [2.05, 4.69) is 4.74 Å². The normalized spacial score (nSPS) is 10.1. The summed E-state index contributed by atoms with van der Waals surface area (Å²) in [4.78, 5) is 11.8. The Morgan fingerprint density at radius 3 is 2.80 bits per heavy atom. The minimum atomic E-state index is -0.687. The average Bonchev–Trinajstić information content (AvgIpc) is 2.74. The summed E-state index contributed by atoms with van der Waals surface area (Å²) in [6.07, 6.45) is 1.39. The van der Waals surface area contributed by atoms with E-state index in [1.165, 1.54) is 36.1 Å². The standard InChI is InChI=1S/C13H10ClN3O3/c1-20-13(19)12-11(16)7(5-15)6-17(12)10-3-2-8(18)4-9(10)14/h2-4,6,18H,16H2,1H3. The van der Waals surface area contributed by atoms with Crippen LogP contribution in [0.5, 0.6) is 5.75 Å². The number of esters is 1. The van der Waals surface area contributed by atoms with Crippen LogP contribution in [0.1, 0.15) is 16.1 Å². The number of nitrogen functional groups attached to an aromatic ring is 1. The van der Waals surface area contributed by atoms with E-state index in [1.54, 1.807) is 0 Å². The molecule has 20 heavy (non-hydrogen) atoms. The molecule has 0 radical (unpaired) electrons. The highest BCUT2D eigenvalue weighted by molar-refractivity contribution is 6.32. The number of hydrogen-bond acceptors (Lipinski definition) is 5. The summed E-state index contributed by atoms with van der Waals surface area (Å²) in [5, 5.41) is 18.6. The lowest BCUT2D eigenvalue weighted by atomic mass is 10.2. The predicted molar refractivity (Wildman–Crippen MR) is 72.9 cm³/mol. The van der Waals surface area contributed by atoms with Gasteiger partial charge in [-0.05, 0) is 12.1 Å². The lowest BCUT2D eigenvalue weighted by Crippen LogP contribution is -2.11. The van der Waals surface area contributed by atoms with Crippen molar-refractivity contribution in [1.29, 1.82) is 5.26 Å². The number of carbonyl (C=O) groups is 1. The molecule has 0 aliphatic rings. The minimum Gasteiger partial charge on any atom is -0.508 e. The van der Waals surface area contributed by atoms with Crippen LogP contribution in [-0.2, 0) is 4.74 Å². The van der Waals surface area contributed by atoms with Crippen molar-refractivity contribution in [1.82, 2.24) is 4.57 Å². The van der Waals surface area contributed by atoms with Gasteiger partial charge in [-0.3, -0.25) is 0 Å². The Bertz CT molecular complexity index is 731. The van der Waals surface area contributed by atoms with Crippen molar-refractivity contribution in [3.63, 3.8) is 0 Å². The van der Waals surface area contributed by atoms with Gasteiger partial charge < -0.3 is 20.1 Å². The molecular formula is C13H10ClN3O3. The maximum Gasteiger partial charge on any atom is 0.357 e. The number of nitriles is 1. The van der Waals surface area contributed by atoms with Crippen LogP contribution in [0.4, 0.5) is 5.69 Å². The van der Waals surface area contributed by atoms with Gasteiger partial charge in [0.2, 0.25) is 0 Å². The van der Waals surface area contributed by atoms with Gasteiger partial charge in [0.05, 0.1) is 29.1 Å². The molecule has 0 unspecified atom stereocenters. The number of ether oxygens (including phenoxy) is 1. The molecule has 102 valence electrons. The van der Waals surface area contributed by atoms with Gasteiger partial charge in [0.1, 0.15) is 11.8 Å². The molecule has 1 aromatic heterocycles. The molecule has 2 rings (SSSR count). The minimum absolute atomic E-state index is 0.0108. The summed E-state index contributed by atoms with van der Waals surface area (Å²) in [7, 11) is 1.21. The van der Waals surface area contributed by atoms with Gasteiger partial charge in [0.25, 0.3) is 0 Å². The van der Waals surface area contributed by atoms with Crippen molar-refractivity contribution in [3.05, 3.63) is 40.7 Å². The van der Waals surface area contributed by atoms with Crippen LogP contribution in [0.25, 0.3) is 5.69 Å². The molecule has 0 bridgehead atoms. The second-order valence-corrected chi connectivity index (χ2v) is 4.32. The fourth-order valence-corrected chi connectivity index (χ4v) is 2.06. The molecule has 0 aliphatic carbocycles. The first-order chi connectivity index (χ1) is 9.49. The zero-order valence-electron chi connectivity index (χ0n) is 10.4. The number of hydrogen-bond donors (Lipinski definition) is 2. The number of rotatable bonds is 2. The van der Waals surface area contributed by atoms with E-state index < -0.39 is 5.97 Å². The van der Waals surface area contributed by atoms with Crippen molar-refractivity contribution >= 4 is 23.3 Å². The Morgan fingerprint density at radius 2 is 2.25 bits per heavy atom. The number of benzene rings is 1. The number of phenols is 1. The average molecular weight is 292 g/mol. The van der Waals surface area contributed by atoms with Gasteiger partial charge in [-0.25, -0.2) is 4.79 Å². The highest BCUT2D eigenvalue weighted by atomic mass is 35.5. The third-order valence-electron chi connectivity index (χ3n) is 2.73. The van der Waals surface area contributed by atoms with Gasteiger partial charge >= 0.3 is 5.97 Å². The first-order valence-corrected chi connectivity index (χ1v) is 5.85. The molecule has 0 spiro atoms. The second kappa shape index (κ2) is 5.15. The number of methoxy groups -OCH3 is 1. The summed E-state index contributed by atoms with van der Waals surface area (Å²) < 4.78 is 6.02. The number of nitrogens with zero attached hydrogens (tertiary/aromatic N) is 2. The Labute approximate surface area is 119 Å². The lowest BCUT2D eigenvalue weighted by molar-refractivity contribution is 0.0593. The molecule has 7 heteroatoms. The van der Waals surface area contributed by atoms with Gasteiger partial charge in [-0.15, -0.1) is 0 Å². The molecule has 0 saturated heterocycles. The number of phenolic OH excluding ortho intramolecular Hbond substituents is 1. The number of anilines is 1. The molecule has 6 nitrogen and oxygen atoms in total. The van der Waals surface area contributed by atoms with Gasteiger partial charge in [-0.2, -0.15) is 5.26 Å². The molecular weight excluding hydrogens is 282 g/mol. The third-order valence-corrected chi connectivity index (χ3v) is 3.04. The Hall–Kier alpha value is -2.65. The van der Waals surface area contributed by atoms with Crippen LogP contribution < -0.4 is 5.73 Å². The smallest absolute Gasteiger partial charge is 0.357 e. The van der Waals surface area contributed by atoms with Gasteiger partial charge in [0, 0.05) is 12.3 Å². The van der Waals surface area contributed by atoms with Gasteiger partial charge in [-0.1, -0.05) is 11.6 Å². The SMILES string of the molecule is COC(=O)c1c(N)c(C#N)cn1-c1ccc(O)cc1Cl. The van der Waals surface area contributed by atoms with E-state index in [0.717, 1.165) is 0 Å². The highest BCUT2D eigenvalue weighted by Gasteiger charge is 2.22.